The van der Waals surface area contributed by atoms with Crippen LogP contribution < -0.4 is 0 Å². The van der Waals surface area contributed by atoms with Gasteiger partial charge in [-0.05, 0) is 34.7 Å². The number of carbonyl (C=O) groups excluding carboxylic acids is 1. The first kappa shape index (κ1) is 14.2. The maximum Gasteiger partial charge on any atom is 0.339 e. The van der Waals surface area contributed by atoms with E-state index >= 15 is 0 Å². The Balaban J connectivity index is 3.56. The van der Waals surface area contributed by atoms with Crippen LogP contribution in [0.4, 0.5) is 0 Å². The molecule has 0 aromatic heterocycles. The molecule has 0 amide bonds. The first-order valence-corrected chi connectivity index (χ1v) is 7.97. The molecule has 0 bridgehead atoms. The zero-order valence-corrected chi connectivity index (χ0v) is 13.1. The summed E-state index contributed by atoms with van der Waals surface area (Å²) >= 11 is 4.84. The Morgan fingerprint density at radius 1 is 1.50 bits per heavy atom. The molecule has 4 nitrogen and oxygen atoms in total. The number of hydrogen-bond donors (Lipinski definition) is 0. The van der Waals surface area contributed by atoms with Crippen LogP contribution in [0.1, 0.15) is 10.4 Å². The van der Waals surface area contributed by atoms with Crippen molar-refractivity contribution < 1.29 is 17.9 Å². The van der Waals surface area contributed by atoms with E-state index in [-0.39, 0.29) is 14.0 Å². The predicted octanol–water partition coefficient (Wildman–Crippen LogP) is 2.77. The second-order valence-corrected chi connectivity index (χ2v) is 7.22. The van der Waals surface area contributed by atoms with Crippen LogP contribution in [0, 0.1) is 3.57 Å². The first-order chi connectivity index (χ1) is 7.27. The van der Waals surface area contributed by atoms with Crippen molar-refractivity contribution in [1.82, 2.24) is 0 Å². The van der Waals surface area contributed by atoms with Crippen LogP contribution in [-0.4, -0.2) is 21.5 Å². The van der Waals surface area contributed by atoms with Crippen LogP contribution in [0.2, 0.25) is 0 Å². The Morgan fingerprint density at radius 2 is 2.06 bits per heavy atom. The number of hydrogen-bond acceptors (Lipinski definition) is 4. The second-order valence-electron chi connectivity index (χ2n) is 2.69. The largest absolute Gasteiger partial charge is 0.465 e. The lowest BCUT2D eigenvalue weighted by Crippen LogP contribution is -2.07. The maximum atomic E-state index is 11.4. The minimum absolute atomic E-state index is 0.121. The molecule has 0 saturated carbocycles. The molecule has 1 rings (SSSR count). The molecule has 0 aliphatic rings. The third-order valence-corrected chi connectivity index (χ3v) is 5.00. The Kier molecular flexibility index (Phi) is 4.61. The van der Waals surface area contributed by atoms with Crippen molar-refractivity contribution in [3.8, 4) is 0 Å². The minimum Gasteiger partial charge on any atom is -0.465 e. The van der Waals surface area contributed by atoms with Gasteiger partial charge in [-0.1, -0.05) is 15.9 Å². The van der Waals surface area contributed by atoms with E-state index in [2.05, 4.69) is 20.7 Å². The van der Waals surface area contributed by atoms with Gasteiger partial charge in [-0.15, -0.1) is 0 Å². The summed E-state index contributed by atoms with van der Waals surface area (Å²) in [5, 5.41) is 0. The standard InChI is InChI=1S/C8H5BrClIO4S/c1-15-8(12)5-2-4(9)3-6(7(5)11)16(10,13)14/h2-3H,1H3. The summed E-state index contributed by atoms with van der Waals surface area (Å²) in [6.07, 6.45) is 0. The third-order valence-electron chi connectivity index (χ3n) is 1.67. The molecule has 0 saturated heterocycles. The van der Waals surface area contributed by atoms with E-state index < -0.39 is 15.0 Å². The fourth-order valence-corrected chi connectivity index (χ4v) is 4.36. The molecule has 8 heteroatoms. The zero-order valence-electron chi connectivity index (χ0n) is 7.83. The average Bonchev–Trinajstić information content (AvgIpc) is 2.18. The SMILES string of the molecule is COC(=O)c1cc(Br)cc(S(=O)(=O)Cl)c1I. The van der Waals surface area contributed by atoms with Gasteiger partial charge in [-0.3, -0.25) is 0 Å². The molecular weight excluding hydrogens is 434 g/mol. The van der Waals surface area contributed by atoms with E-state index in [9.17, 15) is 13.2 Å². The summed E-state index contributed by atoms with van der Waals surface area (Å²) in [4.78, 5) is 11.3. The normalized spacial score (nSPS) is 11.2. The third kappa shape index (κ3) is 3.08. The smallest absolute Gasteiger partial charge is 0.339 e. The number of rotatable bonds is 2. The van der Waals surface area contributed by atoms with Crippen molar-refractivity contribution >= 4 is 64.2 Å². The molecule has 0 spiro atoms. The Labute approximate surface area is 119 Å². The highest BCUT2D eigenvalue weighted by Crippen LogP contribution is 2.29. The fourth-order valence-electron chi connectivity index (χ4n) is 1.00. The van der Waals surface area contributed by atoms with Crippen LogP contribution in [0.5, 0.6) is 0 Å². The van der Waals surface area contributed by atoms with E-state index in [1.807, 2.05) is 0 Å². The summed E-state index contributed by atoms with van der Waals surface area (Å²) in [6.45, 7) is 0. The first-order valence-electron chi connectivity index (χ1n) is 3.79. The molecule has 0 N–H and O–H groups in total. The van der Waals surface area contributed by atoms with Crippen molar-refractivity contribution in [2.45, 2.75) is 4.90 Å². The van der Waals surface area contributed by atoms with Crippen molar-refractivity contribution in [3.63, 3.8) is 0 Å². The van der Waals surface area contributed by atoms with E-state index in [0.29, 0.717) is 4.47 Å². The van der Waals surface area contributed by atoms with Gasteiger partial charge in [0.1, 0.15) is 0 Å². The topological polar surface area (TPSA) is 60.4 Å². The summed E-state index contributed by atoms with van der Waals surface area (Å²) in [5.74, 6) is -0.618. The van der Waals surface area contributed by atoms with E-state index in [1.54, 1.807) is 22.6 Å². The number of carbonyl (C=O) groups is 1. The highest BCUT2D eigenvalue weighted by Gasteiger charge is 2.21. The van der Waals surface area contributed by atoms with E-state index in [0.717, 1.165) is 0 Å². The minimum atomic E-state index is -3.89. The van der Waals surface area contributed by atoms with Crippen molar-refractivity contribution in [2.75, 3.05) is 7.11 Å². The number of methoxy groups -OCH3 is 1. The van der Waals surface area contributed by atoms with Gasteiger partial charge in [0.05, 0.1) is 17.6 Å². The maximum absolute atomic E-state index is 11.4. The van der Waals surface area contributed by atoms with Gasteiger partial charge in [0.2, 0.25) is 0 Å². The lowest BCUT2D eigenvalue weighted by molar-refractivity contribution is 0.0599. The quantitative estimate of drug-likeness (QED) is 0.404. The van der Waals surface area contributed by atoms with Crippen molar-refractivity contribution in [2.24, 2.45) is 0 Å². The van der Waals surface area contributed by atoms with Gasteiger partial charge in [-0.2, -0.15) is 0 Å². The van der Waals surface area contributed by atoms with Crippen LogP contribution in [0.25, 0.3) is 0 Å². The van der Waals surface area contributed by atoms with Gasteiger partial charge in [0.25, 0.3) is 9.05 Å². The lowest BCUT2D eigenvalue weighted by Gasteiger charge is -2.07. The molecule has 0 aliphatic carbocycles. The molecule has 0 radical (unpaired) electrons. The van der Waals surface area contributed by atoms with Gasteiger partial charge in [-0.25, -0.2) is 13.2 Å². The molecule has 0 atom stereocenters. The summed E-state index contributed by atoms with van der Waals surface area (Å²) in [7, 11) is 2.57. The van der Waals surface area contributed by atoms with Crippen molar-refractivity contribution in [1.29, 1.82) is 0 Å². The van der Waals surface area contributed by atoms with Gasteiger partial charge >= 0.3 is 5.97 Å². The Hall–Kier alpha value is 0.140. The summed E-state index contributed by atoms with van der Waals surface area (Å²) in [6, 6.07) is 2.80. The number of benzene rings is 1. The Bertz CT molecular complexity index is 543. The van der Waals surface area contributed by atoms with Gasteiger partial charge < -0.3 is 4.74 Å². The Morgan fingerprint density at radius 3 is 2.50 bits per heavy atom. The summed E-state index contributed by atoms with van der Waals surface area (Å²) < 4.78 is 27.7. The highest BCUT2D eigenvalue weighted by atomic mass is 127. The lowest BCUT2D eigenvalue weighted by atomic mass is 10.2. The molecule has 0 aliphatic heterocycles. The molecule has 0 fully saturated rings. The van der Waals surface area contributed by atoms with Crippen LogP contribution >= 0.6 is 49.2 Å². The zero-order chi connectivity index (χ0) is 12.5. The molecule has 88 valence electrons. The average molecular weight is 439 g/mol. The predicted molar refractivity (Wildman–Crippen MR) is 71.2 cm³/mol. The van der Waals surface area contributed by atoms with E-state index in [4.69, 9.17) is 10.7 Å². The van der Waals surface area contributed by atoms with Gasteiger partial charge in [0.15, 0.2) is 0 Å². The molecular formula is C8H5BrClIO4S. The molecule has 0 heterocycles. The molecule has 16 heavy (non-hydrogen) atoms. The molecule has 0 unspecified atom stereocenters. The number of ether oxygens (including phenoxy) is 1. The van der Waals surface area contributed by atoms with Crippen LogP contribution in [-0.2, 0) is 13.8 Å². The molecule has 1 aromatic carbocycles. The van der Waals surface area contributed by atoms with Gasteiger partial charge in [0, 0.05) is 18.7 Å². The van der Waals surface area contributed by atoms with Crippen LogP contribution in [0.3, 0.4) is 0 Å². The molecule has 1 aromatic rings. The monoisotopic (exact) mass is 438 g/mol. The number of esters is 1. The van der Waals surface area contributed by atoms with Crippen LogP contribution in [0.15, 0.2) is 21.5 Å². The fraction of sp³-hybridized carbons (Fsp3) is 0.125. The van der Waals surface area contributed by atoms with Crippen molar-refractivity contribution in [3.05, 3.63) is 25.7 Å². The number of halogens is 3. The highest BCUT2D eigenvalue weighted by molar-refractivity contribution is 14.1. The second kappa shape index (κ2) is 5.19. The summed E-state index contributed by atoms with van der Waals surface area (Å²) in [5.41, 5.74) is 0.150. The van der Waals surface area contributed by atoms with E-state index in [1.165, 1.54) is 19.2 Å².